The van der Waals surface area contributed by atoms with E-state index in [1.807, 2.05) is 60.7 Å². The van der Waals surface area contributed by atoms with Crippen molar-refractivity contribution >= 4 is 25.1 Å². The Morgan fingerprint density at radius 3 is 2.43 bits per heavy atom. The van der Waals surface area contributed by atoms with Gasteiger partial charge in [-0.1, -0.05) is 68.3 Å². The molecule has 0 amide bonds. The molecule has 1 atom stereocenters. The summed E-state index contributed by atoms with van der Waals surface area (Å²) in [6, 6.07) is 17.5. The highest BCUT2D eigenvalue weighted by Gasteiger charge is 2.37. The molecular weight excluding hydrogens is 307 g/mol. The summed E-state index contributed by atoms with van der Waals surface area (Å²) in [4.78, 5) is 0. The minimum Gasteiger partial charge on any atom is -0.825 e. The Balaban J connectivity index is 2.13. The number of methoxy groups -OCH3 is 2. The summed E-state index contributed by atoms with van der Waals surface area (Å²) in [5, 5.41) is 14.1. The lowest BCUT2D eigenvalue weighted by Crippen LogP contribution is -2.46. The molecule has 2 aromatic rings. The number of benzene rings is 2. The fourth-order valence-electron chi connectivity index (χ4n) is 2.86. The van der Waals surface area contributed by atoms with E-state index in [1.165, 1.54) is 0 Å². The van der Waals surface area contributed by atoms with Gasteiger partial charge < -0.3 is 14.6 Å². The summed E-state index contributed by atoms with van der Waals surface area (Å²) < 4.78 is 11.2. The number of rotatable bonds is 4. The van der Waals surface area contributed by atoms with Crippen molar-refractivity contribution < 1.29 is 14.6 Å². The topological polar surface area (TPSA) is 41.5 Å². The zero-order valence-electron chi connectivity index (χ0n) is 13.2. The van der Waals surface area contributed by atoms with Crippen molar-refractivity contribution in [1.29, 1.82) is 0 Å². The third-order valence-electron chi connectivity index (χ3n) is 4.08. The van der Waals surface area contributed by atoms with Gasteiger partial charge in [0, 0.05) is 18.8 Å². The van der Waals surface area contributed by atoms with Crippen LogP contribution in [0.4, 0.5) is 0 Å². The van der Waals surface area contributed by atoms with Gasteiger partial charge in [-0.3, -0.25) is 0 Å². The highest BCUT2D eigenvalue weighted by Crippen LogP contribution is 2.41. The van der Waals surface area contributed by atoms with Crippen LogP contribution in [0.15, 0.2) is 60.4 Å². The van der Waals surface area contributed by atoms with Crippen LogP contribution in [0.2, 0.25) is 0 Å². The Hall–Kier alpha value is -1.93. The smallest absolute Gasteiger partial charge is 0.111 e. The van der Waals surface area contributed by atoms with E-state index in [4.69, 9.17) is 9.47 Å². The monoisotopic (exact) mass is 325 g/mol. The van der Waals surface area contributed by atoms with Crippen molar-refractivity contribution in [2.24, 2.45) is 0 Å². The van der Waals surface area contributed by atoms with Gasteiger partial charge >= 0.3 is 0 Å². The van der Waals surface area contributed by atoms with E-state index in [9.17, 15) is 5.11 Å². The van der Waals surface area contributed by atoms with Gasteiger partial charge in [-0.15, -0.1) is 0 Å². The van der Waals surface area contributed by atoms with Crippen LogP contribution in [0.25, 0.3) is 6.08 Å². The summed E-state index contributed by atoms with van der Waals surface area (Å²) in [6.07, 6.45) is 2.38. The first-order valence-electron chi connectivity index (χ1n) is 7.40. The van der Waals surface area contributed by atoms with E-state index in [1.54, 1.807) is 14.2 Å². The van der Waals surface area contributed by atoms with Crippen LogP contribution in [0.3, 0.4) is 0 Å². The second kappa shape index (κ2) is 6.67. The lowest BCUT2D eigenvalue weighted by Gasteiger charge is -2.42. The standard InChI is InChI=1S/C19H19O3P/c1-21-15-12-14-8-6-7-11-17(14)19(13-15,22-2)18(20)23-16-9-4-3-5-10-16/h3-12,20H,13H2,1-2H3/p-1. The fraction of sp³-hybridized carbons (Fsp3) is 0.211. The molecule has 0 spiro atoms. The van der Waals surface area contributed by atoms with Gasteiger partial charge in [0.1, 0.15) is 5.60 Å². The summed E-state index contributed by atoms with van der Waals surface area (Å²) in [5.41, 5.74) is 0.876. The maximum Gasteiger partial charge on any atom is 0.111 e. The molecule has 3 nitrogen and oxygen atoms in total. The Kier molecular flexibility index (Phi) is 4.63. The van der Waals surface area contributed by atoms with Crippen molar-refractivity contribution in [3.05, 3.63) is 71.5 Å². The number of ether oxygens (including phenoxy) is 2. The molecule has 0 heterocycles. The average molecular weight is 325 g/mol. The van der Waals surface area contributed by atoms with Gasteiger partial charge in [0.2, 0.25) is 0 Å². The van der Waals surface area contributed by atoms with E-state index in [2.05, 4.69) is 0 Å². The number of hydrogen-bond donors (Lipinski definition) is 0. The molecule has 1 aliphatic carbocycles. The van der Waals surface area contributed by atoms with E-state index in [-0.39, 0.29) is 5.48 Å². The first kappa shape index (κ1) is 15.9. The van der Waals surface area contributed by atoms with Crippen LogP contribution in [-0.2, 0) is 15.1 Å². The van der Waals surface area contributed by atoms with Crippen molar-refractivity contribution in [2.75, 3.05) is 14.2 Å². The molecule has 0 fully saturated rings. The Labute approximate surface area is 138 Å². The maximum absolute atomic E-state index is 13.1. The van der Waals surface area contributed by atoms with Gasteiger partial charge in [-0.25, -0.2) is 0 Å². The van der Waals surface area contributed by atoms with Gasteiger partial charge in [0.25, 0.3) is 0 Å². The van der Waals surface area contributed by atoms with E-state index < -0.39 is 5.60 Å². The fourth-order valence-corrected chi connectivity index (χ4v) is 3.88. The zero-order chi connectivity index (χ0) is 16.3. The van der Waals surface area contributed by atoms with Crippen molar-refractivity contribution in [1.82, 2.24) is 0 Å². The van der Waals surface area contributed by atoms with Crippen molar-refractivity contribution in [2.45, 2.75) is 12.0 Å². The number of hydrogen-bond acceptors (Lipinski definition) is 3. The Morgan fingerprint density at radius 1 is 1.04 bits per heavy atom. The molecule has 0 radical (unpaired) electrons. The van der Waals surface area contributed by atoms with Crippen molar-refractivity contribution in [3.63, 3.8) is 0 Å². The van der Waals surface area contributed by atoms with Crippen LogP contribution in [0.1, 0.15) is 17.5 Å². The van der Waals surface area contributed by atoms with E-state index >= 15 is 0 Å². The minimum absolute atomic E-state index is 0.0151. The average Bonchev–Trinajstić information content (AvgIpc) is 2.61. The van der Waals surface area contributed by atoms with Crippen LogP contribution >= 0.6 is 8.20 Å². The molecule has 118 valence electrons. The zero-order valence-corrected chi connectivity index (χ0v) is 14.0. The van der Waals surface area contributed by atoms with Gasteiger partial charge in [0.15, 0.2) is 0 Å². The highest BCUT2D eigenvalue weighted by molar-refractivity contribution is 7.48. The van der Waals surface area contributed by atoms with Crippen molar-refractivity contribution in [3.8, 4) is 0 Å². The molecule has 0 saturated carbocycles. The summed E-state index contributed by atoms with van der Waals surface area (Å²) in [5.74, 6) is 0.752. The van der Waals surface area contributed by atoms with E-state index in [0.717, 1.165) is 22.2 Å². The molecule has 0 aromatic heterocycles. The molecule has 0 bridgehead atoms. The predicted molar refractivity (Wildman–Crippen MR) is 92.7 cm³/mol. The normalized spacial score (nSPS) is 20.7. The lowest BCUT2D eigenvalue weighted by molar-refractivity contribution is -0.236. The van der Waals surface area contributed by atoms with Gasteiger partial charge in [-0.05, 0) is 17.2 Å². The second-order valence-electron chi connectivity index (χ2n) is 5.36. The largest absolute Gasteiger partial charge is 0.825 e. The van der Waals surface area contributed by atoms with Gasteiger partial charge in [0.05, 0.1) is 12.9 Å². The molecular formula is C19H18O3P-. The first-order valence-corrected chi connectivity index (χ1v) is 8.29. The second-order valence-corrected chi connectivity index (χ2v) is 6.51. The quantitative estimate of drug-likeness (QED) is 0.812. The molecule has 1 unspecified atom stereocenters. The van der Waals surface area contributed by atoms with Gasteiger partial charge in [-0.2, -0.15) is 0 Å². The van der Waals surface area contributed by atoms with Crippen LogP contribution in [-0.4, -0.2) is 19.7 Å². The molecule has 3 rings (SSSR count). The van der Waals surface area contributed by atoms with Crippen LogP contribution < -0.4 is 10.4 Å². The predicted octanol–water partition coefficient (Wildman–Crippen LogP) is 2.68. The summed E-state index contributed by atoms with van der Waals surface area (Å²) in [7, 11) is 3.84. The van der Waals surface area contributed by atoms with E-state index in [0.29, 0.717) is 14.6 Å². The SMILES string of the molecule is COC1=Cc2ccccc2C(OC)(C([O-])=Pc2ccccc2)C1. The van der Waals surface area contributed by atoms with Crippen LogP contribution in [0.5, 0.6) is 0 Å². The third-order valence-corrected chi connectivity index (χ3v) is 5.20. The third kappa shape index (κ3) is 2.96. The number of fused-ring (bicyclic) bond motifs is 1. The van der Waals surface area contributed by atoms with Crippen LogP contribution in [0, 0.1) is 0 Å². The molecule has 0 aliphatic heterocycles. The summed E-state index contributed by atoms with van der Waals surface area (Å²) >= 11 is 0. The molecule has 4 heteroatoms. The molecule has 23 heavy (non-hydrogen) atoms. The highest BCUT2D eigenvalue weighted by atomic mass is 31.1. The Bertz CT molecular complexity index is 752. The first-order chi connectivity index (χ1) is 11.2. The molecule has 1 aliphatic rings. The molecule has 2 aromatic carbocycles. The maximum atomic E-state index is 13.1. The summed E-state index contributed by atoms with van der Waals surface area (Å²) in [6.45, 7) is 0. The minimum atomic E-state index is -1.01. The molecule has 0 saturated heterocycles. The Morgan fingerprint density at radius 2 is 1.74 bits per heavy atom. The molecule has 0 N–H and O–H groups in total. The lowest BCUT2D eigenvalue weighted by atomic mass is 9.82.